The van der Waals surface area contributed by atoms with E-state index >= 15 is 0 Å². The number of anilines is 1. The standard InChI is InChI=1S/C19H22N4O2S/c1-12-6-20-5-3-16(12)23-8-14-13(17-2-4-19(14,10-23)25-17)7-21-18(24)15-9-26-11-22-15/h3,5-6,9,11,13-14,17H,2,4,7-8,10H2,1H3,(H,21,24)/t13-,14+,17+,19+/m0/s1. The second-order valence-electron chi connectivity index (χ2n) is 7.66. The number of carbonyl (C=O) groups excluding carboxylic acids is 1. The predicted molar refractivity (Wildman–Crippen MR) is 99.5 cm³/mol. The smallest absolute Gasteiger partial charge is 0.270 e. The van der Waals surface area contributed by atoms with Gasteiger partial charge >= 0.3 is 0 Å². The van der Waals surface area contributed by atoms with Crippen molar-refractivity contribution in [1.29, 1.82) is 0 Å². The van der Waals surface area contributed by atoms with Gasteiger partial charge in [0.25, 0.3) is 5.91 Å². The molecule has 0 aromatic carbocycles. The Morgan fingerprint density at radius 3 is 3.27 bits per heavy atom. The van der Waals surface area contributed by atoms with Gasteiger partial charge in [0.15, 0.2) is 0 Å². The van der Waals surface area contributed by atoms with Crippen LogP contribution in [-0.4, -0.2) is 47.2 Å². The van der Waals surface area contributed by atoms with Crippen molar-refractivity contribution in [2.45, 2.75) is 31.5 Å². The topological polar surface area (TPSA) is 67.4 Å². The fourth-order valence-corrected chi connectivity index (χ4v) is 5.63. The van der Waals surface area contributed by atoms with E-state index in [-0.39, 0.29) is 17.6 Å². The average Bonchev–Trinajstić information content (AvgIpc) is 3.40. The van der Waals surface area contributed by atoms with E-state index in [1.54, 1.807) is 10.9 Å². The maximum atomic E-state index is 12.3. The lowest BCUT2D eigenvalue weighted by molar-refractivity contribution is 0.0141. The molecule has 2 aromatic rings. The van der Waals surface area contributed by atoms with Crippen molar-refractivity contribution in [2.75, 3.05) is 24.5 Å². The molecule has 3 fully saturated rings. The summed E-state index contributed by atoms with van der Waals surface area (Å²) in [6.45, 7) is 4.70. The third-order valence-corrected chi connectivity index (χ3v) is 6.86. The minimum absolute atomic E-state index is 0.0452. The van der Waals surface area contributed by atoms with Crippen molar-refractivity contribution < 1.29 is 9.53 Å². The van der Waals surface area contributed by atoms with Crippen LogP contribution in [0.4, 0.5) is 5.69 Å². The van der Waals surface area contributed by atoms with E-state index in [0.717, 1.165) is 25.9 Å². The van der Waals surface area contributed by atoms with Gasteiger partial charge in [-0.1, -0.05) is 0 Å². The van der Waals surface area contributed by atoms with Crippen LogP contribution in [0.2, 0.25) is 0 Å². The quantitative estimate of drug-likeness (QED) is 0.894. The molecule has 2 aromatic heterocycles. The van der Waals surface area contributed by atoms with Crippen molar-refractivity contribution in [3.05, 3.63) is 40.6 Å². The molecule has 3 aliphatic rings. The first-order chi connectivity index (χ1) is 12.7. The Bertz CT molecular complexity index is 827. The number of aromatic nitrogens is 2. The van der Waals surface area contributed by atoms with Crippen LogP contribution in [0.3, 0.4) is 0 Å². The number of fused-ring (bicyclic) bond motifs is 1. The van der Waals surface area contributed by atoms with Gasteiger partial charge in [0.05, 0.1) is 17.2 Å². The van der Waals surface area contributed by atoms with Crippen LogP contribution in [-0.2, 0) is 4.74 Å². The Kier molecular flexibility index (Phi) is 3.76. The van der Waals surface area contributed by atoms with Crippen LogP contribution >= 0.6 is 11.3 Å². The Morgan fingerprint density at radius 2 is 2.46 bits per heavy atom. The molecule has 0 unspecified atom stereocenters. The molecule has 3 saturated heterocycles. The second-order valence-corrected chi connectivity index (χ2v) is 8.38. The van der Waals surface area contributed by atoms with Crippen LogP contribution in [0, 0.1) is 18.8 Å². The van der Waals surface area contributed by atoms with Gasteiger partial charge in [-0.3, -0.25) is 9.78 Å². The summed E-state index contributed by atoms with van der Waals surface area (Å²) >= 11 is 1.44. The van der Waals surface area contributed by atoms with E-state index in [0.29, 0.717) is 24.1 Å². The molecule has 1 spiro atoms. The summed E-state index contributed by atoms with van der Waals surface area (Å²) in [6, 6.07) is 2.10. The molecule has 3 aliphatic heterocycles. The van der Waals surface area contributed by atoms with E-state index in [2.05, 4.69) is 33.2 Å². The van der Waals surface area contributed by atoms with Gasteiger partial charge in [-0.05, 0) is 31.4 Å². The number of nitrogens with zero attached hydrogens (tertiary/aromatic N) is 3. The van der Waals surface area contributed by atoms with Crippen molar-refractivity contribution >= 4 is 22.9 Å². The molecular formula is C19H22N4O2S. The Morgan fingerprint density at radius 1 is 1.54 bits per heavy atom. The van der Waals surface area contributed by atoms with Crippen LogP contribution in [0.5, 0.6) is 0 Å². The molecule has 4 atom stereocenters. The van der Waals surface area contributed by atoms with Gasteiger partial charge < -0.3 is 15.0 Å². The Balaban J connectivity index is 1.32. The molecule has 1 amide bonds. The first kappa shape index (κ1) is 16.2. The number of pyridine rings is 1. The molecule has 0 saturated carbocycles. The van der Waals surface area contributed by atoms with Gasteiger partial charge in [-0.15, -0.1) is 11.3 Å². The number of ether oxygens (including phenoxy) is 1. The Labute approximate surface area is 156 Å². The van der Waals surface area contributed by atoms with E-state index < -0.39 is 0 Å². The molecule has 0 radical (unpaired) electrons. The number of rotatable bonds is 4. The number of hydrogen-bond acceptors (Lipinski definition) is 6. The first-order valence-corrected chi connectivity index (χ1v) is 10.1. The summed E-state index contributed by atoms with van der Waals surface area (Å²) in [5, 5.41) is 4.87. The SMILES string of the molecule is Cc1cnccc1N1C[C@@H]2[C@H](CNC(=O)c3cscn3)[C@H]3CC[C@]2(C1)O3. The number of amides is 1. The maximum Gasteiger partial charge on any atom is 0.270 e. The minimum atomic E-state index is -0.0806. The van der Waals surface area contributed by atoms with Crippen molar-refractivity contribution in [3.63, 3.8) is 0 Å². The molecule has 7 heteroatoms. The van der Waals surface area contributed by atoms with Gasteiger partial charge in [-0.2, -0.15) is 0 Å². The number of nitrogens with one attached hydrogen (secondary N) is 1. The van der Waals surface area contributed by atoms with E-state index in [4.69, 9.17) is 4.74 Å². The summed E-state index contributed by atoms with van der Waals surface area (Å²) in [6.07, 6.45) is 6.27. The van der Waals surface area contributed by atoms with Crippen LogP contribution in [0.25, 0.3) is 0 Å². The third-order valence-electron chi connectivity index (χ3n) is 6.28. The maximum absolute atomic E-state index is 12.3. The molecule has 6 nitrogen and oxygen atoms in total. The third kappa shape index (κ3) is 2.45. The lowest BCUT2D eigenvalue weighted by atomic mass is 9.73. The zero-order valence-corrected chi connectivity index (χ0v) is 15.5. The lowest BCUT2D eigenvalue weighted by Gasteiger charge is -2.29. The van der Waals surface area contributed by atoms with E-state index in [1.165, 1.54) is 22.6 Å². The number of hydrogen-bond donors (Lipinski definition) is 1. The van der Waals surface area contributed by atoms with Gasteiger partial charge in [-0.25, -0.2) is 4.98 Å². The van der Waals surface area contributed by atoms with Gasteiger partial charge in [0, 0.05) is 54.9 Å². The van der Waals surface area contributed by atoms with Crippen LogP contribution < -0.4 is 10.2 Å². The van der Waals surface area contributed by atoms with Gasteiger partial charge in [0.1, 0.15) is 5.69 Å². The highest BCUT2D eigenvalue weighted by atomic mass is 32.1. The molecule has 5 heterocycles. The van der Waals surface area contributed by atoms with E-state index in [1.807, 2.05) is 12.4 Å². The average molecular weight is 370 g/mol. The summed E-state index contributed by atoms with van der Waals surface area (Å²) < 4.78 is 6.49. The summed E-state index contributed by atoms with van der Waals surface area (Å²) in [5.74, 6) is 0.755. The molecule has 0 aliphatic carbocycles. The fraction of sp³-hybridized carbons (Fsp3) is 0.526. The highest BCUT2D eigenvalue weighted by Crippen LogP contribution is 2.55. The zero-order chi connectivity index (χ0) is 17.7. The van der Waals surface area contributed by atoms with Crippen molar-refractivity contribution in [3.8, 4) is 0 Å². The molecule has 1 N–H and O–H groups in total. The summed E-state index contributed by atoms with van der Waals surface area (Å²) in [5.41, 5.74) is 4.61. The highest BCUT2D eigenvalue weighted by Gasteiger charge is 2.62. The van der Waals surface area contributed by atoms with Crippen molar-refractivity contribution in [2.24, 2.45) is 11.8 Å². The molecule has 26 heavy (non-hydrogen) atoms. The number of thiazole rings is 1. The lowest BCUT2D eigenvalue weighted by Crippen LogP contribution is -2.42. The Hall–Kier alpha value is -1.99. The molecule has 2 bridgehead atoms. The fourth-order valence-electron chi connectivity index (χ4n) is 5.09. The normalized spacial score (nSPS) is 32.0. The molecule has 5 rings (SSSR count). The molecule has 136 valence electrons. The largest absolute Gasteiger partial charge is 0.369 e. The number of carbonyl (C=O) groups is 1. The van der Waals surface area contributed by atoms with Crippen molar-refractivity contribution in [1.82, 2.24) is 15.3 Å². The minimum Gasteiger partial charge on any atom is -0.369 e. The number of aryl methyl sites for hydroxylation is 1. The monoisotopic (exact) mass is 370 g/mol. The summed E-state index contributed by atoms with van der Waals surface area (Å²) in [7, 11) is 0. The first-order valence-electron chi connectivity index (χ1n) is 9.16. The summed E-state index contributed by atoms with van der Waals surface area (Å²) in [4.78, 5) is 23.0. The van der Waals surface area contributed by atoms with Crippen LogP contribution in [0.15, 0.2) is 29.4 Å². The molecular weight excluding hydrogens is 348 g/mol. The van der Waals surface area contributed by atoms with Crippen LogP contribution in [0.1, 0.15) is 28.9 Å². The zero-order valence-electron chi connectivity index (χ0n) is 14.7. The van der Waals surface area contributed by atoms with Gasteiger partial charge in [0.2, 0.25) is 0 Å². The highest BCUT2D eigenvalue weighted by molar-refractivity contribution is 7.07. The second kappa shape index (κ2) is 6.03. The van der Waals surface area contributed by atoms with E-state index in [9.17, 15) is 4.79 Å². The predicted octanol–water partition coefficient (Wildman–Crippen LogP) is 2.26.